The third-order valence-electron chi connectivity index (χ3n) is 3.84. The van der Waals surface area contributed by atoms with Crippen LogP contribution in [0.1, 0.15) is 12.0 Å². The number of hydrogen-bond acceptors (Lipinski definition) is 8. The van der Waals surface area contributed by atoms with Gasteiger partial charge in [0, 0.05) is 34.6 Å². The van der Waals surface area contributed by atoms with E-state index in [-0.39, 0.29) is 18.1 Å². The molecule has 5 N–H and O–H groups in total. The van der Waals surface area contributed by atoms with Crippen molar-refractivity contribution < 1.29 is 4.74 Å². The number of hydrogen-bond donors (Lipinski definition) is 4. The summed E-state index contributed by atoms with van der Waals surface area (Å²) in [6, 6.07) is 6.07. The topological polar surface area (TPSA) is 101 Å². The minimum Gasteiger partial charge on any atom is -0.492 e. The Kier molecular flexibility index (Phi) is 6.12. The molecule has 2 atom stereocenters. The molecule has 0 radical (unpaired) electrons. The number of fused-ring (bicyclic) bond motifs is 2. The molecule has 1 aromatic rings. The maximum absolute atomic E-state index is 10.3. The fourth-order valence-corrected chi connectivity index (χ4v) is 4.42. The van der Waals surface area contributed by atoms with Crippen LogP contribution < -0.4 is 26.4 Å². The summed E-state index contributed by atoms with van der Waals surface area (Å²) in [6.07, 6.45) is 0.801. The second-order valence-electron chi connectivity index (χ2n) is 5.41. The molecule has 2 aliphatic rings. The van der Waals surface area contributed by atoms with Crippen LogP contribution in [0.25, 0.3) is 5.70 Å². The number of ether oxygens (including phenoxy) is 1. The van der Waals surface area contributed by atoms with Gasteiger partial charge in [0.05, 0.1) is 25.0 Å². The lowest BCUT2D eigenvalue weighted by Crippen LogP contribution is -2.55. The molecule has 2 aliphatic heterocycles. The number of thioether (sulfide) groups is 1. The maximum atomic E-state index is 10.3. The first-order chi connectivity index (χ1) is 11.7. The molecule has 9 heteroatoms. The van der Waals surface area contributed by atoms with Crippen LogP contribution in [0.5, 0.6) is 5.75 Å². The molecule has 0 aromatic heterocycles. The molecule has 130 valence electrons. The Labute approximate surface area is 153 Å². The van der Waals surface area contributed by atoms with Crippen molar-refractivity contribution in [2.24, 2.45) is 10.9 Å². The Balaban J connectivity index is 1.77. The Hall–Kier alpha value is -1.13. The summed E-state index contributed by atoms with van der Waals surface area (Å²) in [5.74, 6) is 0.879. The molecule has 2 heterocycles. The van der Waals surface area contributed by atoms with Gasteiger partial charge in [-0.3, -0.25) is 10.6 Å². The van der Waals surface area contributed by atoms with Gasteiger partial charge < -0.3 is 15.8 Å². The Bertz CT molecular complexity index is 642. The Morgan fingerprint density at radius 1 is 1.50 bits per heavy atom. The third kappa shape index (κ3) is 3.92. The van der Waals surface area contributed by atoms with E-state index < -0.39 is 0 Å². The van der Waals surface area contributed by atoms with Crippen LogP contribution in [0.4, 0.5) is 0 Å². The summed E-state index contributed by atoms with van der Waals surface area (Å²) in [5, 5.41) is 13.1. The Morgan fingerprint density at radius 2 is 2.38 bits per heavy atom. The summed E-state index contributed by atoms with van der Waals surface area (Å²) < 4.78 is 6.86. The monoisotopic (exact) mass is 413 g/mol. The smallest absolute Gasteiger partial charge is 0.129 e. The number of nitroso groups, excluding NO2 is 1. The average molecular weight is 414 g/mol. The molecule has 1 aromatic carbocycles. The molecule has 0 bridgehead atoms. The van der Waals surface area contributed by atoms with E-state index in [1.54, 1.807) is 11.8 Å². The predicted octanol–water partition coefficient (Wildman–Crippen LogP) is 1.75. The van der Waals surface area contributed by atoms with Crippen molar-refractivity contribution in [1.29, 1.82) is 0 Å². The first-order valence-electron chi connectivity index (χ1n) is 7.78. The summed E-state index contributed by atoms with van der Waals surface area (Å²) in [4.78, 5) is 11.6. The van der Waals surface area contributed by atoms with Crippen molar-refractivity contribution >= 4 is 33.4 Å². The number of nitrogens with one attached hydrogen (secondary N) is 3. The summed E-state index contributed by atoms with van der Waals surface area (Å²) in [6.45, 7) is 1.75. The summed E-state index contributed by atoms with van der Waals surface area (Å²) in [5.41, 5.74) is 7.84. The second-order valence-corrected chi connectivity index (χ2v) is 7.56. The van der Waals surface area contributed by atoms with Gasteiger partial charge in [0.1, 0.15) is 11.1 Å². The van der Waals surface area contributed by atoms with Gasteiger partial charge in [-0.05, 0) is 18.2 Å². The normalized spacial score (nSPS) is 20.5. The molecule has 7 nitrogen and oxygen atoms in total. The number of nitrogens with two attached hydrogens (primary N) is 1. The van der Waals surface area contributed by atoms with E-state index in [2.05, 4.69) is 43.1 Å². The minimum absolute atomic E-state index is 0.0616. The third-order valence-corrected chi connectivity index (χ3v) is 5.67. The van der Waals surface area contributed by atoms with Gasteiger partial charge in [-0.25, -0.2) is 0 Å². The molecule has 2 unspecified atom stereocenters. The second kappa shape index (κ2) is 8.30. The van der Waals surface area contributed by atoms with Gasteiger partial charge in [0.2, 0.25) is 0 Å². The van der Waals surface area contributed by atoms with Crippen molar-refractivity contribution in [2.45, 2.75) is 18.0 Å². The molecular formula is C15H20BrN5O2S. The molecule has 0 saturated carbocycles. The zero-order valence-corrected chi connectivity index (χ0v) is 15.5. The zero-order chi connectivity index (χ0) is 16.9. The maximum Gasteiger partial charge on any atom is 0.129 e. The molecule has 0 aliphatic carbocycles. The lowest BCUT2D eigenvalue weighted by Gasteiger charge is -2.26. The number of benzene rings is 1. The van der Waals surface area contributed by atoms with E-state index in [1.165, 1.54) is 4.91 Å². The highest BCUT2D eigenvalue weighted by Gasteiger charge is 2.33. The highest BCUT2D eigenvalue weighted by molar-refractivity contribution is 9.10. The molecular weight excluding hydrogens is 394 g/mol. The summed E-state index contributed by atoms with van der Waals surface area (Å²) >= 11 is 5.26. The van der Waals surface area contributed by atoms with Crippen molar-refractivity contribution in [3.63, 3.8) is 0 Å². The zero-order valence-electron chi connectivity index (χ0n) is 13.0. The van der Waals surface area contributed by atoms with Crippen LogP contribution in [0.2, 0.25) is 0 Å². The minimum atomic E-state index is -0.0616. The van der Waals surface area contributed by atoms with Gasteiger partial charge in [-0.15, -0.1) is 11.8 Å². The average Bonchev–Trinajstić information content (AvgIpc) is 2.91. The van der Waals surface area contributed by atoms with Crippen LogP contribution in [0, 0.1) is 4.91 Å². The van der Waals surface area contributed by atoms with Crippen LogP contribution in [-0.4, -0.2) is 37.9 Å². The van der Waals surface area contributed by atoms with E-state index in [9.17, 15) is 4.91 Å². The highest BCUT2D eigenvalue weighted by atomic mass is 79.9. The van der Waals surface area contributed by atoms with Gasteiger partial charge in [0.15, 0.2) is 0 Å². The van der Waals surface area contributed by atoms with E-state index in [0.29, 0.717) is 19.8 Å². The number of nitrogens with zero attached hydrogens (tertiary/aromatic N) is 1. The number of halogens is 1. The van der Waals surface area contributed by atoms with Crippen molar-refractivity contribution in [3.05, 3.63) is 38.0 Å². The lowest BCUT2D eigenvalue weighted by atomic mass is 10.1. The lowest BCUT2D eigenvalue weighted by molar-refractivity contribution is 0.325. The van der Waals surface area contributed by atoms with E-state index >= 15 is 0 Å². The van der Waals surface area contributed by atoms with Gasteiger partial charge in [-0.2, -0.15) is 4.91 Å². The fraction of sp³-hybridized carbons (Fsp3) is 0.467. The largest absolute Gasteiger partial charge is 0.492 e. The molecule has 0 spiro atoms. The standard InChI is InChI=1S/C15H20BrN5O2S/c16-9-1-2-10-11(7-9)23-6-3-12-13(10)21-15(24-12)14(19-8-17)18-4-5-20-22/h1-2,7,14-15,18-19,21H,3-6,8,17H2. The highest BCUT2D eigenvalue weighted by Crippen LogP contribution is 2.43. The first-order valence-corrected chi connectivity index (χ1v) is 9.45. The van der Waals surface area contributed by atoms with Crippen LogP contribution >= 0.6 is 27.7 Å². The van der Waals surface area contributed by atoms with Crippen molar-refractivity contribution in [1.82, 2.24) is 16.0 Å². The molecule has 0 fully saturated rings. The van der Waals surface area contributed by atoms with E-state index in [4.69, 9.17) is 10.5 Å². The molecule has 3 rings (SSSR count). The predicted molar refractivity (Wildman–Crippen MR) is 100 cm³/mol. The van der Waals surface area contributed by atoms with Crippen LogP contribution in [0.15, 0.2) is 32.8 Å². The number of rotatable bonds is 7. The van der Waals surface area contributed by atoms with Gasteiger partial charge >= 0.3 is 0 Å². The van der Waals surface area contributed by atoms with Gasteiger partial charge in [-0.1, -0.05) is 21.1 Å². The van der Waals surface area contributed by atoms with Crippen molar-refractivity contribution in [2.75, 3.05) is 26.4 Å². The fourth-order valence-electron chi connectivity index (χ4n) is 2.78. The molecule has 24 heavy (non-hydrogen) atoms. The van der Waals surface area contributed by atoms with Crippen LogP contribution in [-0.2, 0) is 0 Å². The summed E-state index contributed by atoms with van der Waals surface area (Å²) in [7, 11) is 0. The van der Waals surface area contributed by atoms with E-state index in [0.717, 1.165) is 27.9 Å². The molecule has 0 saturated heterocycles. The van der Waals surface area contributed by atoms with Gasteiger partial charge in [0.25, 0.3) is 0 Å². The van der Waals surface area contributed by atoms with E-state index in [1.807, 2.05) is 12.1 Å². The first kappa shape index (κ1) is 17.7. The molecule has 0 amide bonds. The SMILES string of the molecule is NCNC(NCCN=O)C1NC2=C(CCOc3cc(Br)ccc32)S1. The Morgan fingerprint density at radius 3 is 3.17 bits per heavy atom. The van der Waals surface area contributed by atoms with Crippen LogP contribution in [0.3, 0.4) is 0 Å². The quantitative estimate of drug-likeness (QED) is 0.306. The van der Waals surface area contributed by atoms with Crippen molar-refractivity contribution in [3.8, 4) is 5.75 Å².